The molecule has 9 heteroatoms. The fraction of sp³-hybridized carbons (Fsp3) is 0.842. The second-order valence-corrected chi connectivity index (χ2v) is 8.85. The van der Waals surface area contributed by atoms with Crippen molar-refractivity contribution in [2.24, 2.45) is 11.8 Å². The molecule has 1 spiro atoms. The fourth-order valence-electron chi connectivity index (χ4n) is 4.97. The summed E-state index contributed by atoms with van der Waals surface area (Å²) in [6.45, 7) is 4.30. The third-order valence-electron chi connectivity index (χ3n) is 6.02. The van der Waals surface area contributed by atoms with Gasteiger partial charge in [0.05, 0.1) is 31.2 Å². The molecular weight excluding hydrogens is 432 g/mol. The van der Waals surface area contributed by atoms with Gasteiger partial charge in [0.1, 0.15) is 11.6 Å². The summed E-state index contributed by atoms with van der Waals surface area (Å²) >= 11 is 3.57. The fourth-order valence-corrected chi connectivity index (χ4v) is 5.91. The summed E-state index contributed by atoms with van der Waals surface area (Å²) in [6.07, 6.45) is 2.86. The second-order valence-electron chi connectivity index (χ2n) is 7.67. The van der Waals surface area contributed by atoms with E-state index in [-0.39, 0.29) is 36.4 Å². The lowest BCUT2D eigenvalue weighted by Gasteiger charge is -2.33. The Kier molecular flexibility index (Phi) is 6.66. The molecule has 3 aliphatic heterocycles. The van der Waals surface area contributed by atoms with E-state index in [9.17, 15) is 19.5 Å². The van der Waals surface area contributed by atoms with Crippen molar-refractivity contribution in [1.29, 1.82) is 0 Å². The number of amides is 2. The van der Waals surface area contributed by atoms with Crippen LogP contribution in [0, 0.1) is 11.8 Å². The number of halogens is 1. The van der Waals surface area contributed by atoms with Gasteiger partial charge in [-0.2, -0.15) is 0 Å². The number of nitrogens with one attached hydrogen (secondary N) is 1. The van der Waals surface area contributed by atoms with E-state index in [1.54, 1.807) is 6.92 Å². The highest BCUT2D eigenvalue weighted by molar-refractivity contribution is 9.09. The Morgan fingerprint density at radius 2 is 2.14 bits per heavy atom. The van der Waals surface area contributed by atoms with Crippen molar-refractivity contribution in [1.82, 2.24) is 10.2 Å². The summed E-state index contributed by atoms with van der Waals surface area (Å²) in [7, 11) is 0. The Labute approximate surface area is 173 Å². The van der Waals surface area contributed by atoms with Crippen LogP contribution in [-0.4, -0.2) is 76.7 Å². The first kappa shape index (κ1) is 21.5. The molecule has 0 radical (unpaired) electrons. The maximum Gasteiger partial charge on any atom is 0.312 e. The molecule has 0 aromatic carbocycles. The van der Waals surface area contributed by atoms with E-state index in [0.29, 0.717) is 13.0 Å². The van der Waals surface area contributed by atoms with Gasteiger partial charge < -0.3 is 24.8 Å². The van der Waals surface area contributed by atoms with Crippen molar-refractivity contribution in [2.75, 3.05) is 26.3 Å². The minimum absolute atomic E-state index is 0.0284. The highest BCUT2D eigenvalue weighted by atomic mass is 79.9. The van der Waals surface area contributed by atoms with Crippen LogP contribution >= 0.6 is 15.9 Å². The number of ether oxygens (including phenoxy) is 2. The number of unbranched alkanes of at least 4 members (excludes halogenated alkanes) is 2. The minimum Gasteiger partial charge on any atom is -0.466 e. The molecule has 3 saturated heterocycles. The Morgan fingerprint density at radius 1 is 1.39 bits per heavy atom. The number of fused-ring (bicyclic) bond motifs is 1. The van der Waals surface area contributed by atoms with Crippen LogP contribution in [0.1, 0.15) is 39.5 Å². The zero-order chi connectivity index (χ0) is 20.5. The average Bonchev–Trinajstić information content (AvgIpc) is 3.23. The number of esters is 1. The standard InChI is InChI=1S/C19H29BrN2O6/c1-3-5-6-7-21-16(24)15-19-10-11(20)14(28-19)12(18(26)27-4-2)13(19)17(25)22(15)8-9-23/h11-15,23H,3-10H2,1-2H3,(H,21,24)/t11?,12-,13+,14-,15-,19+/m0/s1. The molecule has 2 amide bonds. The Morgan fingerprint density at radius 3 is 2.79 bits per heavy atom. The van der Waals surface area contributed by atoms with Gasteiger partial charge in [-0.1, -0.05) is 35.7 Å². The Bertz CT molecular complexity index is 632. The van der Waals surface area contributed by atoms with E-state index in [1.165, 1.54) is 4.90 Å². The highest BCUT2D eigenvalue weighted by Gasteiger charge is 2.76. The van der Waals surface area contributed by atoms with Crippen molar-refractivity contribution >= 4 is 33.7 Å². The number of likely N-dealkylation sites (tertiary alicyclic amines) is 1. The topological polar surface area (TPSA) is 105 Å². The first-order valence-corrected chi connectivity index (χ1v) is 11.0. The molecule has 0 aliphatic carbocycles. The van der Waals surface area contributed by atoms with Crippen molar-refractivity contribution in [2.45, 2.75) is 62.1 Å². The van der Waals surface area contributed by atoms with Gasteiger partial charge in [0, 0.05) is 17.9 Å². The molecule has 6 atom stereocenters. The van der Waals surface area contributed by atoms with Gasteiger partial charge in [0.25, 0.3) is 0 Å². The van der Waals surface area contributed by atoms with Crippen molar-refractivity contribution in [3.05, 3.63) is 0 Å². The molecule has 0 saturated carbocycles. The molecule has 0 aromatic rings. The number of hydrogen-bond acceptors (Lipinski definition) is 6. The van der Waals surface area contributed by atoms with Gasteiger partial charge in [-0.3, -0.25) is 14.4 Å². The Hall–Kier alpha value is -1.19. The van der Waals surface area contributed by atoms with Gasteiger partial charge in [-0.05, 0) is 19.8 Å². The SMILES string of the molecule is CCCCCNC(=O)[C@@H]1N(CCO)C(=O)[C@H]2[C@H](C(=O)OCC)[C@H]3O[C@@]12CC3Br. The van der Waals surface area contributed by atoms with E-state index < -0.39 is 35.6 Å². The van der Waals surface area contributed by atoms with Gasteiger partial charge in [0.2, 0.25) is 11.8 Å². The number of alkyl halides is 1. The monoisotopic (exact) mass is 460 g/mol. The summed E-state index contributed by atoms with van der Waals surface area (Å²) < 4.78 is 11.4. The van der Waals surface area contributed by atoms with E-state index >= 15 is 0 Å². The molecule has 3 heterocycles. The first-order valence-electron chi connectivity index (χ1n) is 10.1. The van der Waals surface area contributed by atoms with E-state index in [1.807, 2.05) is 0 Å². The summed E-state index contributed by atoms with van der Waals surface area (Å²) in [4.78, 5) is 40.1. The smallest absolute Gasteiger partial charge is 0.312 e. The molecule has 1 unspecified atom stereocenters. The first-order chi connectivity index (χ1) is 13.4. The maximum atomic E-state index is 13.2. The average molecular weight is 461 g/mol. The highest BCUT2D eigenvalue weighted by Crippen LogP contribution is 2.60. The molecule has 28 heavy (non-hydrogen) atoms. The van der Waals surface area contributed by atoms with E-state index in [4.69, 9.17) is 9.47 Å². The number of carbonyl (C=O) groups excluding carboxylic acids is 3. The lowest BCUT2D eigenvalue weighted by molar-refractivity contribution is -0.154. The lowest BCUT2D eigenvalue weighted by atomic mass is 9.70. The van der Waals surface area contributed by atoms with Gasteiger partial charge in [-0.25, -0.2) is 0 Å². The summed E-state index contributed by atoms with van der Waals surface area (Å²) in [5.74, 6) is -2.58. The van der Waals surface area contributed by atoms with Gasteiger partial charge in [0.15, 0.2) is 0 Å². The number of hydrogen-bond donors (Lipinski definition) is 2. The molecule has 2 N–H and O–H groups in total. The number of aliphatic hydroxyl groups excluding tert-OH is 1. The van der Waals surface area contributed by atoms with Crippen LogP contribution in [0.5, 0.6) is 0 Å². The number of rotatable bonds is 9. The molecule has 2 bridgehead atoms. The van der Waals surface area contributed by atoms with Crippen LogP contribution in [0.2, 0.25) is 0 Å². The van der Waals surface area contributed by atoms with E-state index in [2.05, 4.69) is 28.2 Å². The molecule has 158 valence electrons. The molecule has 0 aromatic heterocycles. The van der Waals surface area contributed by atoms with Crippen LogP contribution in [0.15, 0.2) is 0 Å². The third kappa shape index (κ3) is 3.35. The van der Waals surface area contributed by atoms with Gasteiger partial charge in [-0.15, -0.1) is 0 Å². The molecule has 3 fully saturated rings. The Balaban J connectivity index is 1.90. The second kappa shape index (κ2) is 8.67. The zero-order valence-corrected chi connectivity index (χ0v) is 17.9. The van der Waals surface area contributed by atoms with Crippen molar-refractivity contribution < 1.29 is 29.0 Å². The predicted molar refractivity (Wildman–Crippen MR) is 104 cm³/mol. The maximum absolute atomic E-state index is 13.2. The predicted octanol–water partition coefficient (Wildman–Crippen LogP) is 0.596. The largest absolute Gasteiger partial charge is 0.466 e. The molecule has 3 aliphatic rings. The van der Waals surface area contributed by atoms with Crippen LogP contribution in [0.4, 0.5) is 0 Å². The van der Waals surface area contributed by atoms with Crippen LogP contribution in [-0.2, 0) is 23.9 Å². The van der Waals surface area contributed by atoms with Crippen LogP contribution in [0.3, 0.4) is 0 Å². The van der Waals surface area contributed by atoms with Crippen molar-refractivity contribution in [3.8, 4) is 0 Å². The summed E-state index contributed by atoms with van der Waals surface area (Å²) in [5, 5.41) is 12.4. The number of β-amino-alcohol motifs (C(OH)–C–C–N with tert-alkyl or cyclic N) is 1. The van der Waals surface area contributed by atoms with E-state index in [0.717, 1.165) is 19.3 Å². The zero-order valence-electron chi connectivity index (χ0n) is 16.4. The molecule has 8 nitrogen and oxygen atoms in total. The third-order valence-corrected chi connectivity index (χ3v) is 6.86. The summed E-state index contributed by atoms with van der Waals surface area (Å²) in [6, 6.07) is -0.858. The quantitative estimate of drug-likeness (QED) is 0.296. The number of aliphatic hydroxyl groups is 1. The molecule has 3 rings (SSSR count). The number of nitrogens with zero attached hydrogens (tertiary/aromatic N) is 1. The van der Waals surface area contributed by atoms with Crippen LogP contribution < -0.4 is 5.32 Å². The van der Waals surface area contributed by atoms with Crippen molar-refractivity contribution in [3.63, 3.8) is 0 Å². The minimum atomic E-state index is -1.07. The summed E-state index contributed by atoms with van der Waals surface area (Å²) in [5.41, 5.74) is -1.07. The number of carbonyl (C=O) groups is 3. The molecular formula is C19H29BrN2O6. The van der Waals surface area contributed by atoms with Crippen LogP contribution in [0.25, 0.3) is 0 Å². The van der Waals surface area contributed by atoms with Gasteiger partial charge >= 0.3 is 5.97 Å². The normalized spacial score (nSPS) is 35.9. The lowest BCUT2D eigenvalue weighted by Crippen LogP contribution is -2.56.